The van der Waals surface area contributed by atoms with Gasteiger partial charge < -0.3 is 10.2 Å². The first-order valence-electron chi connectivity index (χ1n) is 12.4. The molecule has 0 aliphatic heterocycles. The number of benzene rings is 3. The molecule has 202 valence electrons. The number of halogens is 1. The van der Waals surface area contributed by atoms with Crippen molar-refractivity contribution in [3.8, 4) is 0 Å². The van der Waals surface area contributed by atoms with Crippen molar-refractivity contribution in [2.24, 2.45) is 0 Å². The number of sulfonamides is 1. The fraction of sp³-hybridized carbons (Fsp3) is 0.310. The number of hydrogen-bond acceptors (Lipinski definition) is 4. The Morgan fingerprint density at radius 2 is 1.53 bits per heavy atom. The molecule has 1 unspecified atom stereocenters. The molecule has 1 N–H and O–H groups in total. The summed E-state index contributed by atoms with van der Waals surface area (Å²) >= 11 is 0. The van der Waals surface area contributed by atoms with E-state index in [1.165, 1.54) is 41.3 Å². The van der Waals surface area contributed by atoms with Gasteiger partial charge in [0.25, 0.3) is 10.0 Å². The molecule has 38 heavy (non-hydrogen) atoms. The van der Waals surface area contributed by atoms with Crippen LogP contribution in [0.5, 0.6) is 0 Å². The zero-order chi connectivity index (χ0) is 28.0. The summed E-state index contributed by atoms with van der Waals surface area (Å²) in [6.45, 7) is 8.36. The Balaban J connectivity index is 2.06. The third-order valence-corrected chi connectivity index (χ3v) is 8.09. The van der Waals surface area contributed by atoms with E-state index in [9.17, 15) is 22.4 Å². The van der Waals surface area contributed by atoms with E-state index in [0.717, 1.165) is 15.4 Å². The van der Waals surface area contributed by atoms with E-state index < -0.39 is 34.3 Å². The number of carbonyl (C=O) groups excluding carboxylic acids is 2. The van der Waals surface area contributed by atoms with Gasteiger partial charge in [-0.3, -0.25) is 13.9 Å². The number of nitrogens with zero attached hydrogens (tertiary/aromatic N) is 2. The lowest BCUT2D eigenvalue weighted by molar-refractivity contribution is -0.139. The summed E-state index contributed by atoms with van der Waals surface area (Å²) in [5, 5.41) is 2.81. The first-order valence-corrected chi connectivity index (χ1v) is 13.8. The molecule has 3 rings (SSSR count). The molecule has 0 spiro atoms. The van der Waals surface area contributed by atoms with E-state index >= 15 is 0 Å². The summed E-state index contributed by atoms with van der Waals surface area (Å²) in [5.74, 6) is -1.37. The molecule has 3 aromatic carbocycles. The van der Waals surface area contributed by atoms with Crippen LogP contribution in [-0.2, 0) is 26.2 Å². The molecule has 0 aromatic heterocycles. The predicted octanol–water partition coefficient (Wildman–Crippen LogP) is 4.58. The Bertz CT molecular complexity index is 1380. The van der Waals surface area contributed by atoms with Gasteiger partial charge in [-0.2, -0.15) is 0 Å². The fourth-order valence-electron chi connectivity index (χ4n) is 4.01. The number of rotatable bonds is 10. The monoisotopic (exact) mass is 539 g/mol. The predicted molar refractivity (Wildman–Crippen MR) is 147 cm³/mol. The molecule has 0 bridgehead atoms. The van der Waals surface area contributed by atoms with Crippen LogP contribution in [0.2, 0.25) is 0 Å². The number of aryl methyl sites for hydroxylation is 1. The van der Waals surface area contributed by atoms with Gasteiger partial charge in [0.2, 0.25) is 11.8 Å². The average molecular weight is 540 g/mol. The van der Waals surface area contributed by atoms with Gasteiger partial charge in [0, 0.05) is 12.6 Å². The summed E-state index contributed by atoms with van der Waals surface area (Å²) in [6.07, 6.45) is 0. The maximum Gasteiger partial charge on any atom is 0.264 e. The Labute approximate surface area is 224 Å². The molecule has 1 atom stereocenters. The van der Waals surface area contributed by atoms with Crippen molar-refractivity contribution in [1.82, 2.24) is 10.2 Å². The lowest BCUT2D eigenvalue weighted by Crippen LogP contribution is -2.52. The molecule has 0 saturated heterocycles. The van der Waals surface area contributed by atoms with Crippen LogP contribution in [0.25, 0.3) is 0 Å². The Morgan fingerprint density at radius 1 is 0.895 bits per heavy atom. The summed E-state index contributed by atoms with van der Waals surface area (Å²) in [4.78, 5) is 28.2. The molecule has 3 aromatic rings. The van der Waals surface area contributed by atoms with Gasteiger partial charge >= 0.3 is 0 Å². The lowest BCUT2D eigenvalue weighted by Gasteiger charge is -2.33. The molecular formula is C29H34FN3O4S. The third-order valence-electron chi connectivity index (χ3n) is 6.32. The number of anilines is 1. The van der Waals surface area contributed by atoms with Gasteiger partial charge in [-0.05, 0) is 81.6 Å². The highest BCUT2D eigenvalue weighted by Crippen LogP contribution is 2.29. The second kappa shape index (κ2) is 12.2. The summed E-state index contributed by atoms with van der Waals surface area (Å²) in [6, 6.07) is 17.7. The van der Waals surface area contributed by atoms with Crippen molar-refractivity contribution < 1.29 is 22.4 Å². The summed E-state index contributed by atoms with van der Waals surface area (Å²) < 4.78 is 42.3. The first kappa shape index (κ1) is 28.8. The average Bonchev–Trinajstić information content (AvgIpc) is 2.88. The highest BCUT2D eigenvalue weighted by Gasteiger charge is 2.33. The molecule has 0 aliphatic rings. The van der Waals surface area contributed by atoms with Gasteiger partial charge in [-0.25, -0.2) is 12.8 Å². The Kier molecular flexibility index (Phi) is 9.27. The molecule has 0 aliphatic carbocycles. The minimum atomic E-state index is -4.13. The molecule has 0 radical (unpaired) electrons. The van der Waals surface area contributed by atoms with Crippen LogP contribution in [0.15, 0.2) is 77.7 Å². The number of nitrogens with one attached hydrogen (secondary N) is 1. The zero-order valence-corrected chi connectivity index (χ0v) is 23.1. The van der Waals surface area contributed by atoms with Gasteiger partial charge in [-0.15, -0.1) is 0 Å². The van der Waals surface area contributed by atoms with E-state index in [2.05, 4.69) is 5.32 Å². The quantitative estimate of drug-likeness (QED) is 0.409. The maximum absolute atomic E-state index is 13.9. The van der Waals surface area contributed by atoms with E-state index in [1.807, 2.05) is 26.8 Å². The number of carbonyl (C=O) groups is 2. The zero-order valence-electron chi connectivity index (χ0n) is 22.3. The second-order valence-corrected chi connectivity index (χ2v) is 11.4. The number of hydrogen-bond donors (Lipinski definition) is 1. The van der Waals surface area contributed by atoms with Gasteiger partial charge in [0.05, 0.1) is 10.6 Å². The molecule has 2 amide bonds. The van der Waals surface area contributed by atoms with Gasteiger partial charge in [-0.1, -0.05) is 42.5 Å². The summed E-state index contributed by atoms with van der Waals surface area (Å²) in [7, 11) is -4.13. The minimum Gasteiger partial charge on any atom is -0.352 e. The van der Waals surface area contributed by atoms with Crippen molar-refractivity contribution >= 4 is 27.5 Å². The van der Waals surface area contributed by atoms with Crippen LogP contribution in [0, 0.1) is 19.7 Å². The minimum absolute atomic E-state index is 0.00216. The van der Waals surface area contributed by atoms with E-state index in [1.54, 1.807) is 44.2 Å². The van der Waals surface area contributed by atoms with E-state index in [0.29, 0.717) is 11.3 Å². The van der Waals surface area contributed by atoms with Gasteiger partial charge in [0.15, 0.2) is 0 Å². The molecule has 0 fully saturated rings. The van der Waals surface area contributed by atoms with Crippen LogP contribution in [0.1, 0.15) is 37.5 Å². The van der Waals surface area contributed by atoms with E-state index in [-0.39, 0.29) is 23.4 Å². The first-order chi connectivity index (χ1) is 17.9. The Hall–Kier alpha value is -3.72. The van der Waals surface area contributed by atoms with Gasteiger partial charge in [0.1, 0.15) is 18.4 Å². The van der Waals surface area contributed by atoms with Crippen molar-refractivity contribution in [3.63, 3.8) is 0 Å². The molecule has 9 heteroatoms. The van der Waals surface area contributed by atoms with Crippen LogP contribution in [0.4, 0.5) is 10.1 Å². The van der Waals surface area contributed by atoms with E-state index in [4.69, 9.17) is 0 Å². The summed E-state index contributed by atoms with van der Waals surface area (Å²) in [5.41, 5.74) is 2.57. The highest BCUT2D eigenvalue weighted by atomic mass is 32.2. The smallest absolute Gasteiger partial charge is 0.264 e. The number of amides is 2. The molecule has 0 saturated carbocycles. The van der Waals surface area contributed by atoms with Crippen molar-refractivity contribution in [3.05, 3.63) is 95.3 Å². The maximum atomic E-state index is 13.9. The fourth-order valence-corrected chi connectivity index (χ4v) is 5.51. The molecule has 0 heterocycles. The highest BCUT2D eigenvalue weighted by molar-refractivity contribution is 7.92. The standard InChI is InChI=1S/C29H34FN3O4S/c1-20(2)31-29(35)23(5)32(18-24-14-16-25(30)17-15-24)28(34)19-33(27-13-9-10-21(3)22(27)4)38(36,37)26-11-7-6-8-12-26/h6-17,20,23H,18-19H2,1-5H3,(H,31,35). The lowest BCUT2D eigenvalue weighted by atomic mass is 10.1. The van der Waals surface area contributed by atoms with Crippen LogP contribution in [-0.4, -0.2) is 43.8 Å². The van der Waals surface area contributed by atoms with Crippen LogP contribution in [0.3, 0.4) is 0 Å². The SMILES string of the molecule is Cc1cccc(N(CC(=O)N(Cc2ccc(F)cc2)C(C)C(=O)NC(C)C)S(=O)(=O)c2ccccc2)c1C. The third kappa shape index (κ3) is 6.77. The largest absolute Gasteiger partial charge is 0.352 e. The van der Waals surface area contributed by atoms with Crippen molar-refractivity contribution in [1.29, 1.82) is 0 Å². The van der Waals surface area contributed by atoms with Crippen LogP contribution >= 0.6 is 0 Å². The topological polar surface area (TPSA) is 86.8 Å². The van der Waals surface area contributed by atoms with Crippen molar-refractivity contribution in [2.45, 2.75) is 58.1 Å². The second-order valence-electron chi connectivity index (χ2n) is 9.53. The molecular weight excluding hydrogens is 505 g/mol. The molecule has 7 nitrogen and oxygen atoms in total. The normalized spacial score (nSPS) is 12.2. The Morgan fingerprint density at radius 3 is 2.13 bits per heavy atom. The van der Waals surface area contributed by atoms with Crippen LogP contribution < -0.4 is 9.62 Å². The van der Waals surface area contributed by atoms with Crippen molar-refractivity contribution in [2.75, 3.05) is 10.8 Å².